The lowest BCUT2D eigenvalue weighted by Gasteiger charge is -1.95. The highest BCUT2D eigenvalue weighted by Crippen LogP contribution is 2.39. The van der Waals surface area contributed by atoms with Gasteiger partial charge in [0.05, 0.1) is 9.58 Å². The van der Waals surface area contributed by atoms with Gasteiger partial charge in [-0.1, -0.05) is 0 Å². The highest BCUT2D eigenvalue weighted by Gasteiger charge is 2.13. The van der Waals surface area contributed by atoms with Crippen LogP contribution < -0.4 is 0 Å². The predicted molar refractivity (Wildman–Crippen MR) is 50.1 cm³/mol. The van der Waals surface area contributed by atoms with Gasteiger partial charge >= 0.3 is 0 Å². The Hall–Kier alpha value is -1.36. The van der Waals surface area contributed by atoms with Gasteiger partial charge < -0.3 is 10.2 Å². The number of phenols is 2. The molecule has 2 nitrogen and oxygen atoms in total. The Bertz CT molecular complexity index is 479. The molecule has 0 amide bonds. The average Bonchev–Trinajstić information content (AvgIpc) is 2.47. The monoisotopic (exact) mass is 216 g/mol. The Morgan fingerprint density at radius 2 is 1.86 bits per heavy atom. The number of thiophene rings is 1. The molecule has 0 aliphatic heterocycles. The van der Waals surface area contributed by atoms with Gasteiger partial charge in [-0.25, -0.2) is 8.78 Å². The van der Waals surface area contributed by atoms with Gasteiger partial charge in [0.2, 0.25) is 0 Å². The average molecular weight is 216 g/mol. The zero-order valence-corrected chi connectivity index (χ0v) is 7.68. The summed E-state index contributed by atoms with van der Waals surface area (Å²) in [7, 11) is 0. The molecule has 0 fully saturated rings. The van der Waals surface area contributed by atoms with E-state index in [9.17, 15) is 13.9 Å². The van der Waals surface area contributed by atoms with Crippen molar-refractivity contribution in [1.82, 2.24) is 0 Å². The molecule has 0 aliphatic rings. The summed E-state index contributed by atoms with van der Waals surface area (Å²) in [6.07, 6.45) is -2.55. The minimum atomic E-state index is -2.55. The van der Waals surface area contributed by atoms with E-state index in [0.717, 1.165) is 17.4 Å². The van der Waals surface area contributed by atoms with Gasteiger partial charge in [0, 0.05) is 11.5 Å². The Morgan fingerprint density at radius 1 is 1.14 bits per heavy atom. The van der Waals surface area contributed by atoms with Gasteiger partial charge in [-0.05, 0) is 12.1 Å². The first-order valence-electron chi connectivity index (χ1n) is 3.81. The third-order valence-electron chi connectivity index (χ3n) is 1.82. The van der Waals surface area contributed by atoms with Crippen LogP contribution in [0, 0.1) is 0 Å². The number of rotatable bonds is 1. The summed E-state index contributed by atoms with van der Waals surface area (Å²) in [4.78, 5) is -0.110. The molecule has 0 saturated carbocycles. The smallest absolute Gasteiger partial charge is 0.272 e. The van der Waals surface area contributed by atoms with E-state index in [1.807, 2.05) is 0 Å². The van der Waals surface area contributed by atoms with Crippen LogP contribution in [0.2, 0.25) is 0 Å². The Kier molecular flexibility index (Phi) is 2.03. The number of phenolic OH excluding ortho intramolecular Hbond substituents is 2. The first-order chi connectivity index (χ1) is 6.58. The van der Waals surface area contributed by atoms with Gasteiger partial charge in [-0.3, -0.25) is 0 Å². The molecule has 0 radical (unpaired) electrons. The second-order valence-electron chi connectivity index (χ2n) is 2.83. The SMILES string of the molecule is Oc1cc(O)c2sc(C(F)F)cc2c1. The van der Waals surface area contributed by atoms with E-state index in [-0.39, 0.29) is 16.4 Å². The summed E-state index contributed by atoms with van der Waals surface area (Å²) in [6, 6.07) is 3.75. The molecule has 74 valence electrons. The third-order valence-corrected chi connectivity index (χ3v) is 3.00. The van der Waals surface area contributed by atoms with Crippen molar-refractivity contribution in [2.24, 2.45) is 0 Å². The summed E-state index contributed by atoms with van der Waals surface area (Å²) in [5, 5.41) is 18.9. The topological polar surface area (TPSA) is 40.5 Å². The predicted octanol–water partition coefficient (Wildman–Crippen LogP) is 3.25. The molecule has 0 bridgehead atoms. The van der Waals surface area contributed by atoms with E-state index in [0.29, 0.717) is 10.1 Å². The maximum absolute atomic E-state index is 12.3. The highest BCUT2D eigenvalue weighted by molar-refractivity contribution is 7.19. The first kappa shape index (κ1) is 9.21. The molecule has 0 saturated heterocycles. The minimum Gasteiger partial charge on any atom is -0.508 e. The van der Waals surface area contributed by atoms with Gasteiger partial charge in [0.25, 0.3) is 6.43 Å². The van der Waals surface area contributed by atoms with Crippen LogP contribution in [-0.2, 0) is 0 Å². The maximum atomic E-state index is 12.3. The van der Waals surface area contributed by atoms with E-state index >= 15 is 0 Å². The van der Waals surface area contributed by atoms with Crippen LogP contribution in [0.4, 0.5) is 8.78 Å². The van der Waals surface area contributed by atoms with Crippen LogP contribution in [-0.4, -0.2) is 10.2 Å². The maximum Gasteiger partial charge on any atom is 0.272 e. The van der Waals surface area contributed by atoms with E-state index in [1.54, 1.807) is 0 Å². The van der Waals surface area contributed by atoms with Crippen LogP contribution in [0.5, 0.6) is 11.5 Å². The zero-order chi connectivity index (χ0) is 10.3. The molecule has 2 rings (SSSR count). The van der Waals surface area contributed by atoms with Crippen molar-refractivity contribution in [1.29, 1.82) is 0 Å². The fourth-order valence-electron chi connectivity index (χ4n) is 1.25. The normalized spacial score (nSPS) is 11.4. The molecule has 0 atom stereocenters. The van der Waals surface area contributed by atoms with Gasteiger partial charge in [-0.2, -0.15) is 0 Å². The summed E-state index contributed by atoms with van der Waals surface area (Å²) in [5.41, 5.74) is 0. The van der Waals surface area contributed by atoms with Crippen molar-refractivity contribution in [2.75, 3.05) is 0 Å². The lowest BCUT2D eigenvalue weighted by atomic mass is 10.2. The molecule has 1 aromatic heterocycles. The van der Waals surface area contributed by atoms with Crippen molar-refractivity contribution in [2.45, 2.75) is 6.43 Å². The molecule has 5 heteroatoms. The van der Waals surface area contributed by atoms with E-state index in [1.165, 1.54) is 12.1 Å². The molecular formula is C9H6F2O2S. The van der Waals surface area contributed by atoms with Crippen LogP contribution in [0.1, 0.15) is 11.3 Å². The molecule has 2 aromatic rings. The van der Waals surface area contributed by atoms with Crippen molar-refractivity contribution < 1.29 is 19.0 Å². The lowest BCUT2D eigenvalue weighted by molar-refractivity contribution is 0.156. The van der Waals surface area contributed by atoms with Crippen LogP contribution >= 0.6 is 11.3 Å². The number of hydrogen-bond acceptors (Lipinski definition) is 3. The molecular weight excluding hydrogens is 210 g/mol. The van der Waals surface area contributed by atoms with Gasteiger partial charge in [-0.15, -0.1) is 11.3 Å². The van der Waals surface area contributed by atoms with Gasteiger partial charge in [0.15, 0.2) is 0 Å². The summed E-state index contributed by atoms with van der Waals surface area (Å²) in [6.45, 7) is 0. The molecule has 0 aliphatic carbocycles. The molecule has 1 aromatic carbocycles. The van der Waals surface area contributed by atoms with Gasteiger partial charge in [0.1, 0.15) is 11.5 Å². The summed E-state index contributed by atoms with van der Waals surface area (Å²) < 4.78 is 25.0. The van der Waals surface area contributed by atoms with E-state index in [2.05, 4.69) is 0 Å². The Balaban J connectivity index is 2.70. The molecule has 0 unspecified atom stereocenters. The van der Waals surface area contributed by atoms with Crippen molar-refractivity contribution in [3.8, 4) is 11.5 Å². The fraction of sp³-hybridized carbons (Fsp3) is 0.111. The van der Waals surface area contributed by atoms with Crippen molar-refractivity contribution in [3.05, 3.63) is 23.1 Å². The zero-order valence-electron chi connectivity index (χ0n) is 6.87. The van der Waals surface area contributed by atoms with Crippen LogP contribution in [0.15, 0.2) is 18.2 Å². The molecule has 1 heterocycles. The Labute approximate surface area is 82.0 Å². The van der Waals surface area contributed by atoms with Crippen LogP contribution in [0.3, 0.4) is 0 Å². The highest BCUT2D eigenvalue weighted by atomic mass is 32.1. The summed E-state index contributed by atoms with van der Waals surface area (Å²) in [5.74, 6) is -0.300. The molecule has 0 spiro atoms. The first-order valence-corrected chi connectivity index (χ1v) is 4.63. The van der Waals surface area contributed by atoms with Crippen molar-refractivity contribution in [3.63, 3.8) is 0 Å². The second-order valence-corrected chi connectivity index (χ2v) is 3.92. The lowest BCUT2D eigenvalue weighted by Crippen LogP contribution is -1.72. The quantitative estimate of drug-likeness (QED) is 0.768. The number of fused-ring (bicyclic) bond motifs is 1. The third kappa shape index (κ3) is 1.39. The van der Waals surface area contributed by atoms with Crippen LogP contribution in [0.25, 0.3) is 10.1 Å². The number of hydrogen-bond donors (Lipinski definition) is 2. The standard InChI is InChI=1S/C9H6F2O2S/c10-9(11)7-2-4-1-5(12)3-6(13)8(4)14-7/h1-3,9,12-13H. The van der Waals surface area contributed by atoms with Crippen molar-refractivity contribution >= 4 is 21.4 Å². The number of halogens is 2. The largest absolute Gasteiger partial charge is 0.508 e. The minimum absolute atomic E-state index is 0.110. The number of alkyl halides is 2. The number of aromatic hydroxyl groups is 2. The molecule has 2 N–H and O–H groups in total. The number of benzene rings is 1. The van der Waals surface area contributed by atoms with E-state index < -0.39 is 6.43 Å². The second kappa shape index (κ2) is 3.09. The molecule has 14 heavy (non-hydrogen) atoms. The Morgan fingerprint density at radius 3 is 2.50 bits per heavy atom. The fourth-order valence-corrected chi connectivity index (χ4v) is 2.16. The van der Waals surface area contributed by atoms with E-state index in [4.69, 9.17) is 5.11 Å². The summed E-state index contributed by atoms with van der Waals surface area (Å²) >= 11 is 0.830.